The lowest BCUT2D eigenvalue weighted by molar-refractivity contribution is -0.689. The number of rotatable bonds is 10. The summed E-state index contributed by atoms with van der Waals surface area (Å²) in [4.78, 5) is 60.0. The molecule has 2 aromatic rings. The molecule has 1 fully saturated rings. The monoisotopic (exact) mass is 576 g/mol. The molecule has 16 heteroatoms. The fourth-order valence-corrected chi connectivity index (χ4v) is 5.47. The standard InChI is InChI=1S/C23H25N7O7S2/c1-4-36-22(35)23(2,3)37-27-15(17-25-12-39(24)28-17)18(31)26-16-19(32)30-10-13(11-38-20(16)30)9-29-7-5-14(6-8-29)21(33)34/h5-8,10,12,16,20,24H,4,9,11H2,1-3H3,(H-,26,31,33,34)/p+1/t16?,20-,39?/m1/s1. The molecule has 4 heterocycles. The van der Waals surface area contributed by atoms with Gasteiger partial charge in [0.1, 0.15) is 11.4 Å². The van der Waals surface area contributed by atoms with Crippen molar-refractivity contribution in [2.45, 2.75) is 44.3 Å². The number of thioether (sulfide) groups is 1. The Balaban J connectivity index is 1.44. The van der Waals surface area contributed by atoms with Crippen LogP contribution in [0.15, 0.2) is 47.0 Å². The van der Waals surface area contributed by atoms with Crippen molar-refractivity contribution < 1.29 is 38.4 Å². The molecule has 39 heavy (non-hydrogen) atoms. The van der Waals surface area contributed by atoms with E-state index in [0.29, 0.717) is 12.3 Å². The average molecular weight is 577 g/mol. The van der Waals surface area contributed by atoms with Crippen LogP contribution in [0, 0.1) is 0 Å². The Bertz CT molecular complexity index is 1360. The van der Waals surface area contributed by atoms with E-state index in [1.54, 1.807) is 30.1 Å². The van der Waals surface area contributed by atoms with E-state index >= 15 is 0 Å². The summed E-state index contributed by atoms with van der Waals surface area (Å²) in [7, 11) is -1.05. The van der Waals surface area contributed by atoms with Crippen molar-refractivity contribution in [3.05, 3.63) is 53.2 Å². The number of nitrogens with one attached hydrogen (secondary N) is 1. The summed E-state index contributed by atoms with van der Waals surface area (Å²) in [5.74, 6) is -2.51. The number of carbonyl (C=O) groups is 4. The van der Waals surface area contributed by atoms with Crippen molar-refractivity contribution in [3.63, 3.8) is 0 Å². The number of nitrogens with two attached hydrogens (primary N) is 1. The first kappa shape index (κ1) is 28.1. The quantitative estimate of drug-likeness (QED) is 0.0847. The number of aromatic nitrogens is 3. The van der Waals surface area contributed by atoms with Crippen LogP contribution in [0.4, 0.5) is 0 Å². The van der Waals surface area contributed by atoms with Crippen molar-refractivity contribution in [3.8, 4) is 0 Å². The van der Waals surface area contributed by atoms with Crippen molar-refractivity contribution >= 4 is 52.1 Å². The number of β-lactam (4-membered cyclic amide) rings is 1. The Morgan fingerprint density at radius 2 is 2.08 bits per heavy atom. The maximum atomic E-state index is 13.2. The van der Waals surface area contributed by atoms with Crippen LogP contribution in [0.25, 0.3) is 0 Å². The van der Waals surface area contributed by atoms with Crippen LogP contribution in [0.5, 0.6) is 0 Å². The lowest BCUT2D eigenvalue weighted by atomic mass is 10.1. The van der Waals surface area contributed by atoms with Crippen molar-refractivity contribution in [1.82, 2.24) is 19.6 Å². The molecule has 0 aromatic carbocycles. The first-order chi connectivity index (χ1) is 18.5. The highest BCUT2D eigenvalue weighted by molar-refractivity contribution is 8.00. The summed E-state index contributed by atoms with van der Waals surface area (Å²) in [6.07, 6.45) is 4.98. The van der Waals surface area contributed by atoms with Crippen LogP contribution < -0.4 is 20.1 Å². The van der Waals surface area contributed by atoms with E-state index in [4.69, 9.17) is 14.7 Å². The van der Waals surface area contributed by atoms with Gasteiger partial charge in [-0.25, -0.2) is 9.36 Å². The number of fused-ring (bicyclic) bond motifs is 1. The van der Waals surface area contributed by atoms with Crippen molar-refractivity contribution in [2.75, 3.05) is 17.5 Å². The molecule has 0 spiro atoms. The molecule has 1 saturated heterocycles. The summed E-state index contributed by atoms with van der Waals surface area (Å²) in [6, 6.07) is 2.05. The second-order valence-corrected chi connectivity index (χ2v) is 11.2. The summed E-state index contributed by atoms with van der Waals surface area (Å²) >= 11 is 1.47. The van der Waals surface area contributed by atoms with Gasteiger partial charge in [-0.2, -0.15) is 4.98 Å². The van der Waals surface area contributed by atoms with Crippen molar-refractivity contribution in [1.29, 1.82) is 0 Å². The summed E-state index contributed by atoms with van der Waals surface area (Å²) in [5, 5.41) is 22.9. The third-order valence-corrected chi connectivity index (χ3v) is 7.76. The van der Waals surface area contributed by atoms with Gasteiger partial charge in [-0.05, 0) is 20.8 Å². The molecular formula is C23H26N7O7S2+. The van der Waals surface area contributed by atoms with Gasteiger partial charge in [-0.3, -0.25) is 9.59 Å². The second kappa shape index (κ2) is 11.5. The van der Waals surface area contributed by atoms with E-state index < -0.39 is 40.3 Å². The number of hydrogen-bond donors (Lipinski definition) is 2. The van der Waals surface area contributed by atoms with Gasteiger partial charge in [0.25, 0.3) is 17.3 Å². The zero-order valence-corrected chi connectivity index (χ0v) is 22.9. The molecular weight excluding hydrogens is 550 g/mol. The van der Waals surface area contributed by atoms with E-state index in [1.807, 2.05) is 0 Å². The molecule has 4 rings (SSSR count). The number of hydrogen-bond acceptors (Lipinski definition) is 12. The highest BCUT2D eigenvalue weighted by atomic mass is 32.2. The molecule has 3 N–H and O–H groups in total. The number of amides is 2. The molecule has 2 aliphatic rings. The maximum Gasteiger partial charge on any atom is 0.352 e. The number of ether oxygens (including phenoxy) is 1. The predicted octanol–water partition coefficient (Wildman–Crippen LogP) is -1.36. The number of oxime groups is 1. The number of esters is 1. The van der Waals surface area contributed by atoms with E-state index in [0.717, 1.165) is 5.57 Å². The summed E-state index contributed by atoms with van der Waals surface area (Å²) in [6.45, 7) is 5.11. The van der Waals surface area contributed by atoms with E-state index in [-0.39, 0.29) is 35.0 Å². The molecule has 2 amide bonds. The molecule has 206 valence electrons. The third-order valence-electron chi connectivity index (χ3n) is 5.67. The molecule has 14 nitrogen and oxygen atoms in total. The molecule has 3 atom stereocenters. The molecule has 0 bridgehead atoms. The summed E-state index contributed by atoms with van der Waals surface area (Å²) in [5.41, 5.74) is 0.523. The molecule has 0 radical (unpaired) electrons. The van der Waals surface area contributed by atoms with E-state index in [2.05, 4.69) is 19.8 Å². The number of aromatic carboxylic acids is 1. The van der Waals surface area contributed by atoms with E-state index in [1.165, 1.54) is 48.2 Å². The molecule has 2 unspecified atom stereocenters. The highest BCUT2D eigenvalue weighted by Gasteiger charge is 2.50. The van der Waals surface area contributed by atoms with E-state index in [9.17, 15) is 24.3 Å². The van der Waals surface area contributed by atoms with Gasteiger partial charge in [-0.1, -0.05) is 5.16 Å². The van der Waals surface area contributed by atoms with Crippen LogP contribution in [0.2, 0.25) is 0 Å². The Kier molecular flexibility index (Phi) is 8.27. The minimum absolute atomic E-state index is 0.0734. The van der Waals surface area contributed by atoms with Crippen LogP contribution in [-0.4, -0.2) is 73.1 Å². The minimum Gasteiger partial charge on any atom is -0.545 e. The van der Waals surface area contributed by atoms with Gasteiger partial charge in [0.2, 0.25) is 28.0 Å². The lowest BCUT2D eigenvalue weighted by Crippen LogP contribution is -2.69. The van der Waals surface area contributed by atoms with Gasteiger partial charge in [0.05, 0.1) is 12.6 Å². The topological polar surface area (TPSA) is 193 Å². The maximum absolute atomic E-state index is 13.2. The molecule has 2 aliphatic heterocycles. The second-order valence-electron chi connectivity index (χ2n) is 8.99. The fourth-order valence-electron chi connectivity index (χ4n) is 3.63. The average Bonchev–Trinajstić information content (AvgIpc) is 3.33. The first-order valence-corrected chi connectivity index (χ1v) is 14.0. The Labute approximate surface area is 230 Å². The normalized spacial score (nSPS) is 19.4. The van der Waals surface area contributed by atoms with Crippen LogP contribution in [0.3, 0.4) is 0 Å². The number of pyridine rings is 1. The van der Waals surface area contributed by atoms with Crippen LogP contribution >= 0.6 is 22.6 Å². The van der Waals surface area contributed by atoms with Gasteiger partial charge in [0.15, 0.2) is 18.9 Å². The Hall–Kier alpha value is -3.89. The Morgan fingerprint density at radius 3 is 2.69 bits per heavy atom. The van der Waals surface area contributed by atoms with Crippen LogP contribution in [-0.2, 0) is 30.5 Å². The van der Waals surface area contributed by atoms with Gasteiger partial charge in [-0.15, -0.1) is 16.9 Å². The highest BCUT2D eigenvalue weighted by Crippen LogP contribution is 2.36. The zero-order chi connectivity index (χ0) is 28.3. The van der Waals surface area contributed by atoms with Gasteiger partial charge in [0, 0.05) is 39.6 Å². The molecule has 0 saturated carbocycles. The number of carboxylic acid groups (broad SMARTS) is 1. The largest absolute Gasteiger partial charge is 0.545 e. The third kappa shape index (κ3) is 6.23. The minimum atomic E-state index is -1.50. The smallest absolute Gasteiger partial charge is 0.352 e. The Morgan fingerprint density at radius 1 is 1.36 bits per heavy atom. The van der Waals surface area contributed by atoms with Gasteiger partial charge < -0.3 is 29.7 Å². The molecule has 2 aromatic heterocycles. The lowest BCUT2D eigenvalue weighted by Gasteiger charge is -2.47. The molecule has 0 aliphatic carbocycles. The summed E-state index contributed by atoms with van der Waals surface area (Å²) < 4.78 is 10.8. The predicted molar refractivity (Wildman–Crippen MR) is 137 cm³/mol. The van der Waals surface area contributed by atoms with Gasteiger partial charge >= 0.3 is 5.97 Å². The number of nitrogen functional groups attached to an aromatic ring is 1. The first-order valence-electron chi connectivity index (χ1n) is 11.7. The zero-order valence-electron chi connectivity index (χ0n) is 21.2. The number of carbonyl (C=O) groups excluding carboxylic acids is 4. The van der Waals surface area contributed by atoms with Crippen LogP contribution in [0.1, 0.15) is 37.0 Å². The SMILES string of the molecule is CCOC(=O)C(C)(C)ON=C(C(=O)NC1C(=O)N2C=C(C[n+]3ccc(C(=O)[O-])cc3)CS[C@H]12)c1nc[s+](N)n1. The van der Waals surface area contributed by atoms with Crippen molar-refractivity contribution in [2.24, 2.45) is 5.16 Å². The fraction of sp³-hybridized carbons (Fsp3) is 0.391. The number of carboxylic acids is 1. The number of nitrogens with zero attached hydrogens (tertiary/aromatic N) is 5.